The number of aromatic amines is 1. The van der Waals surface area contributed by atoms with Crippen LogP contribution in [0.1, 0.15) is 49.3 Å². The van der Waals surface area contributed by atoms with Gasteiger partial charge in [0.2, 0.25) is 10.0 Å². The maximum Gasteiger partial charge on any atom is 0.267 e. The molecule has 2 aliphatic rings. The molecule has 1 atom stereocenters. The van der Waals surface area contributed by atoms with Crippen molar-refractivity contribution in [3.8, 4) is 11.3 Å². The lowest BCUT2D eigenvalue weighted by molar-refractivity contribution is 0.281. The van der Waals surface area contributed by atoms with Gasteiger partial charge in [0.25, 0.3) is 5.56 Å². The zero-order chi connectivity index (χ0) is 19.9. The Morgan fingerprint density at radius 3 is 2.64 bits per heavy atom. The predicted molar refractivity (Wildman–Crippen MR) is 109 cm³/mol. The van der Waals surface area contributed by atoms with E-state index in [9.17, 15) is 13.2 Å². The Kier molecular flexibility index (Phi) is 5.14. The molecule has 2 heterocycles. The quantitative estimate of drug-likeness (QED) is 0.857. The lowest BCUT2D eigenvalue weighted by Crippen LogP contribution is -2.39. The molecule has 4 rings (SSSR count). The summed E-state index contributed by atoms with van der Waals surface area (Å²) >= 11 is 0. The van der Waals surface area contributed by atoms with E-state index in [4.69, 9.17) is 0 Å². The normalized spacial score (nSPS) is 20.7. The number of aryl methyl sites for hydroxylation is 1. The van der Waals surface area contributed by atoms with E-state index in [1.165, 1.54) is 0 Å². The Bertz CT molecular complexity index is 1060. The monoisotopic (exact) mass is 401 g/mol. The molecule has 1 N–H and O–H groups in total. The maximum atomic E-state index is 13.3. The molecule has 1 aliphatic heterocycles. The predicted octanol–water partition coefficient (Wildman–Crippen LogP) is 3.04. The first kappa shape index (κ1) is 19.3. The van der Waals surface area contributed by atoms with Gasteiger partial charge < -0.3 is 0 Å². The fourth-order valence-electron chi connectivity index (χ4n) is 4.43. The van der Waals surface area contributed by atoms with E-state index in [-0.39, 0.29) is 5.56 Å². The van der Waals surface area contributed by atoms with E-state index in [2.05, 4.69) is 17.1 Å². The first-order chi connectivity index (χ1) is 13.4. The third-order valence-electron chi connectivity index (χ3n) is 6.00. The summed E-state index contributed by atoms with van der Waals surface area (Å²) in [7, 11) is -3.55. The molecule has 0 radical (unpaired) electrons. The van der Waals surface area contributed by atoms with Gasteiger partial charge in [-0.1, -0.05) is 19.1 Å². The fourth-order valence-corrected chi connectivity index (χ4v) is 6.28. The van der Waals surface area contributed by atoms with Crippen LogP contribution in [0.25, 0.3) is 11.3 Å². The Labute approximate surface area is 166 Å². The largest absolute Gasteiger partial charge is 0.268 e. The van der Waals surface area contributed by atoms with E-state index < -0.39 is 10.0 Å². The Hall–Kier alpha value is -1.99. The van der Waals surface area contributed by atoms with Gasteiger partial charge in [-0.25, -0.2) is 13.5 Å². The van der Waals surface area contributed by atoms with E-state index in [1.807, 2.05) is 19.1 Å². The van der Waals surface area contributed by atoms with Crippen molar-refractivity contribution >= 4 is 10.0 Å². The number of aromatic nitrogens is 2. The van der Waals surface area contributed by atoms with Gasteiger partial charge in [-0.3, -0.25) is 4.79 Å². The number of fused-ring (bicyclic) bond motifs is 1. The third kappa shape index (κ3) is 3.42. The van der Waals surface area contributed by atoms with Gasteiger partial charge in [-0.15, -0.1) is 0 Å². The van der Waals surface area contributed by atoms with Gasteiger partial charge in [0.1, 0.15) is 0 Å². The van der Waals surface area contributed by atoms with Crippen molar-refractivity contribution in [3.63, 3.8) is 0 Å². The number of H-pyrrole nitrogens is 1. The number of hydrogen-bond acceptors (Lipinski definition) is 4. The van der Waals surface area contributed by atoms with Gasteiger partial charge in [-0.2, -0.15) is 9.40 Å². The highest BCUT2D eigenvalue weighted by Gasteiger charge is 2.30. The van der Waals surface area contributed by atoms with Crippen molar-refractivity contribution in [2.75, 3.05) is 13.1 Å². The van der Waals surface area contributed by atoms with Gasteiger partial charge in [-0.05, 0) is 68.6 Å². The van der Waals surface area contributed by atoms with E-state index in [0.717, 1.165) is 60.8 Å². The molecule has 1 aliphatic carbocycles. The molecule has 1 saturated heterocycles. The number of piperidine rings is 1. The highest BCUT2D eigenvalue weighted by Crippen LogP contribution is 2.32. The Morgan fingerprint density at radius 1 is 1.14 bits per heavy atom. The Morgan fingerprint density at radius 2 is 1.89 bits per heavy atom. The number of sulfonamides is 1. The first-order valence-corrected chi connectivity index (χ1v) is 11.5. The van der Waals surface area contributed by atoms with Gasteiger partial charge in [0, 0.05) is 24.2 Å². The average Bonchev–Trinajstić information content (AvgIpc) is 2.69. The van der Waals surface area contributed by atoms with Gasteiger partial charge in [0.05, 0.1) is 10.6 Å². The standard InChI is InChI=1S/C21H27N3O3S/c1-14-6-5-11-24(13-14)28(26,27)19-12-16(10-9-15(19)2)20-17-7-3-4-8-18(17)21(25)23-22-20/h9-10,12,14H,3-8,11,13H2,1-2H3,(H,23,25)/t14-/m1/s1. The summed E-state index contributed by atoms with van der Waals surface area (Å²) in [5.74, 6) is 0.375. The molecule has 0 saturated carbocycles. The van der Waals surface area contributed by atoms with E-state index >= 15 is 0 Å². The van der Waals surface area contributed by atoms with Crippen molar-refractivity contribution < 1.29 is 8.42 Å². The number of benzene rings is 1. The summed E-state index contributed by atoms with van der Waals surface area (Å²) in [6.07, 6.45) is 5.55. The minimum Gasteiger partial charge on any atom is -0.268 e. The minimum atomic E-state index is -3.55. The van der Waals surface area contributed by atoms with Crippen LogP contribution in [-0.4, -0.2) is 36.0 Å². The lowest BCUT2D eigenvalue weighted by Gasteiger charge is -2.30. The van der Waals surface area contributed by atoms with Crippen LogP contribution in [0.3, 0.4) is 0 Å². The molecule has 0 bridgehead atoms. The number of hydrogen-bond donors (Lipinski definition) is 1. The van der Waals surface area contributed by atoms with Crippen LogP contribution in [-0.2, 0) is 22.9 Å². The molecule has 1 aromatic heterocycles. The average molecular weight is 402 g/mol. The second-order valence-corrected chi connectivity index (χ2v) is 10.1. The molecular weight excluding hydrogens is 374 g/mol. The zero-order valence-corrected chi connectivity index (χ0v) is 17.3. The smallest absolute Gasteiger partial charge is 0.267 e. The highest BCUT2D eigenvalue weighted by atomic mass is 32.2. The zero-order valence-electron chi connectivity index (χ0n) is 16.5. The van der Waals surface area contributed by atoms with Gasteiger partial charge >= 0.3 is 0 Å². The number of nitrogens with one attached hydrogen (secondary N) is 1. The van der Waals surface area contributed by atoms with Crippen LogP contribution < -0.4 is 5.56 Å². The summed E-state index contributed by atoms with van der Waals surface area (Å²) in [6.45, 7) is 5.07. The maximum absolute atomic E-state index is 13.3. The van der Waals surface area contributed by atoms with Crippen LogP contribution in [0.2, 0.25) is 0 Å². The molecule has 1 aromatic carbocycles. The van der Waals surface area contributed by atoms with Crippen LogP contribution in [0.15, 0.2) is 27.9 Å². The van der Waals surface area contributed by atoms with Crippen LogP contribution in [0, 0.1) is 12.8 Å². The van der Waals surface area contributed by atoms with Gasteiger partial charge in [0.15, 0.2) is 0 Å². The summed E-state index contributed by atoms with van der Waals surface area (Å²) in [5, 5.41) is 6.90. The topological polar surface area (TPSA) is 83.1 Å². The van der Waals surface area contributed by atoms with Crippen molar-refractivity contribution in [2.45, 2.75) is 57.3 Å². The SMILES string of the molecule is Cc1ccc(-c2n[nH]c(=O)c3c2CCCC3)cc1S(=O)(=O)N1CCC[C@@H](C)C1. The first-order valence-electron chi connectivity index (χ1n) is 10.1. The molecule has 2 aromatic rings. The molecule has 6 nitrogen and oxygen atoms in total. The molecule has 1 fully saturated rings. The van der Waals surface area contributed by atoms with Crippen molar-refractivity contribution in [2.24, 2.45) is 5.92 Å². The summed E-state index contributed by atoms with van der Waals surface area (Å²) in [5.41, 5.74) is 3.84. The third-order valence-corrected chi connectivity index (χ3v) is 8.00. The molecule has 0 amide bonds. The van der Waals surface area contributed by atoms with Crippen LogP contribution >= 0.6 is 0 Å². The molecule has 0 spiro atoms. The number of nitrogens with zero attached hydrogens (tertiary/aromatic N) is 2. The van der Waals surface area contributed by atoms with Crippen molar-refractivity contribution in [1.82, 2.24) is 14.5 Å². The van der Waals surface area contributed by atoms with Crippen molar-refractivity contribution in [1.29, 1.82) is 0 Å². The second kappa shape index (κ2) is 7.44. The summed E-state index contributed by atoms with van der Waals surface area (Å²) in [6, 6.07) is 5.49. The Balaban J connectivity index is 1.80. The van der Waals surface area contributed by atoms with E-state index in [0.29, 0.717) is 29.6 Å². The molecular formula is C21H27N3O3S. The highest BCUT2D eigenvalue weighted by molar-refractivity contribution is 7.89. The molecule has 28 heavy (non-hydrogen) atoms. The molecule has 7 heteroatoms. The van der Waals surface area contributed by atoms with Crippen LogP contribution in [0.5, 0.6) is 0 Å². The lowest BCUT2D eigenvalue weighted by atomic mass is 9.90. The van der Waals surface area contributed by atoms with E-state index in [1.54, 1.807) is 10.4 Å². The fraction of sp³-hybridized carbons (Fsp3) is 0.524. The molecule has 0 unspecified atom stereocenters. The number of rotatable bonds is 3. The van der Waals surface area contributed by atoms with Crippen molar-refractivity contribution in [3.05, 3.63) is 45.2 Å². The minimum absolute atomic E-state index is 0.124. The van der Waals surface area contributed by atoms with Crippen LogP contribution in [0.4, 0.5) is 0 Å². The second-order valence-electron chi connectivity index (χ2n) is 8.16. The summed E-state index contributed by atoms with van der Waals surface area (Å²) < 4.78 is 28.3. The molecule has 150 valence electrons. The summed E-state index contributed by atoms with van der Waals surface area (Å²) in [4.78, 5) is 12.5.